The zero-order valence-corrected chi connectivity index (χ0v) is 10.6. The number of ether oxygens (including phenoxy) is 1. The van der Waals surface area contributed by atoms with Gasteiger partial charge in [0.15, 0.2) is 0 Å². The predicted octanol–water partition coefficient (Wildman–Crippen LogP) is 1.82. The molecule has 0 fully saturated rings. The highest BCUT2D eigenvalue weighted by atomic mass is 35.5. The van der Waals surface area contributed by atoms with Gasteiger partial charge in [0.05, 0.1) is 19.2 Å². The molecule has 0 radical (unpaired) electrons. The van der Waals surface area contributed by atoms with Gasteiger partial charge < -0.3 is 10.5 Å². The van der Waals surface area contributed by atoms with Crippen molar-refractivity contribution < 1.29 is 14.3 Å². The van der Waals surface area contributed by atoms with Gasteiger partial charge in [-0.05, 0) is 18.4 Å². The highest BCUT2D eigenvalue weighted by Crippen LogP contribution is 2.00. The van der Waals surface area contributed by atoms with Crippen LogP contribution in [0.25, 0.3) is 0 Å². The first-order chi connectivity index (χ1) is 7.06. The molecule has 0 aromatic heterocycles. The molecule has 16 heavy (non-hydrogen) atoms. The smallest absolute Gasteiger partial charge is 0.311 e. The lowest BCUT2D eigenvalue weighted by Crippen LogP contribution is -2.14. The molecule has 94 valence electrons. The molecule has 0 aliphatic carbocycles. The van der Waals surface area contributed by atoms with Crippen LogP contribution in [0.3, 0.4) is 0 Å². The molecule has 0 aliphatic heterocycles. The SMILES string of the molecule is CC(C)CC=COC(=O)CCC(=O)CN.Cl. The van der Waals surface area contributed by atoms with Crippen molar-refractivity contribution in [3.63, 3.8) is 0 Å². The molecular weight excluding hydrogens is 230 g/mol. The number of rotatable bonds is 7. The van der Waals surface area contributed by atoms with Crippen molar-refractivity contribution in [2.45, 2.75) is 33.1 Å². The van der Waals surface area contributed by atoms with Crippen LogP contribution in [0.1, 0.15) is 33.1 Å². The van der Waals surface area contributed by atoms with Gasteiger partial charge in [0.2, 0.25) is 0 Å². The summed E-state index contributed by atoms with van der Waals surface area (Å²) in [6.07, 6.45) is 4.31. The summed E-state index contributed by atoms with van der Waals surface area (Å²) in [7, 11) is 0. The first kappa shape index (κ1) is 17.5. The number of halogens is 1. The van der Waals surface area contributed by atoms with Crippen LogP contribution in [0.2, 0.25) is 0 Å². The molecule has 0 aromatic carbocycles. The van der Waals surface area contributed by atoms with Gasteiger partial charge in [0.1, 0.15) is 5.78 Å². The molecule has 0 unspecified atom stereocenters. The first-order valence-electron chi connectivity index (χ1n) is 5.12. The van der Waals surface area contributed by atoms with Crippen LogP contribution in [-0.2, 0) is 14.3 Å². The first-order valence-corrected chi connectivity index (χ1v) is 5.12. The van der Waals surface area contributed by atoms with Gasteiger partial charge in [0, 0.05) is 6.42 Å². The fourth-order valence-electron chi connectivity index (χ4n) is 0.854. The van der Waals surface area contributed by atoms with Crippen molar-refractivity contribution in [3.8, 4) is 0 Å². The Balaban J connectivity index is 0. The number of carbonyl (C=O) groups excluding carboxylic acids is 2. The zero-order valence-electron chi connectivity index (χ0n) is 9.77. The zero-order chi connectivity index (χ0) is 11.7. The number of nitrogens with two attached hydrogens (primary N) is 1. The Morgan fingerprint density at radius 1 is 1.31 bits per heavy atom. The summed E-state index contributed by atoms with van der Waals surface area (Å²) in [6, 6.07) is 0. The summed E-state index contributed by atoms with van der Waals surface area (Å²) in [6.45, 7) is 4.13. The van der Waals surface area contributed by atoms with E-state index >= 15 is 0 Å². The van der Waals surface area contributed by atoms with E-state index in [9.17, 15) is 9.59 Å². The number of Topliss-reactive ketones (excluding diaryl/α,β-unsaturated/α-hetero) is 1. The van der Waals surface area contributed by atoms with Crippen LogP contribution in [-0.4, -0.2) is 18.3 Å². The normalized spacial score (nSPS) is 10.2. The highest BCUT2D eigenvalue weighted by molar-refractivity contribution is 5.85. The molecule has 0 bridgehead atoms. The number of hydrogen-bond acceptors (Lipinski definition) is 4. The van der Waals surface area contributed by atoms with E-state index in [2.05, 4.69) is 13.8 Å². The van der Waals surface area contributed by atoms with Gasteiger partial charge in [0.25, 0.3) is 0 Å². The van der Waals surface area contributed by atoms with Crippen LogP contribution in [0.15, 0.2) is 12.3 Å². The Morgan fingerprint density at radius 3 is 2.44 bits per heavy atom. The van der Waals surface area contributed by atoms with Crippen molar-refractivity contribution in [1.29, 1.82) is 0 Å². The third-order valence-electron chi connectivity index (χ3n) is 1.74. The molecule has 0 heterocycles. The fourth-order valence-corrected chi connectivity index (χ4v) is 0.854. The lowest BCUT2D eigenvalue weighted by Gasteiger charge is -1.99. The van der Waals surface area contributed by atoms with E-state index in [1.807, 2.05) is 0 Å². The Morgan fingerprint density at radius 2 is 1.94 bits per heavy atom. The molecule has 0 saturated carbocycles. The van der Waals surface area contributed by atoms with Gasteiger partial charge in [-0.2, -0.15) is 0 Å². The minimum absolute atomic E-state index is 0. The van der Waals surface area contributed by atoms with Crippen LogP contribution >= 0.6 is 12.4 Å². The average Bonchev–Trinajstić information content (AvgIpc) is 2.20. The van der Waals surface area contributed by atoms with E-state index < -0.39 is 5.97 Å². The monoisotopic (exact) mass is 249 g/mol. The predicted molar refractivity (Wildman–Crippen MR) is 65.2 cm³/mol. The molecule has 0 aromatic rings. The summed E-state index contributed by atoms with van der Waals surface area (Å²) in [4.78, 5) is 21.8. The number of hydrogen-bond donors (Lipinski definition) is 1. The van der Waals surface area contributed by atoms with Crippen molar-refractivity contribution in [1.82, 2.24) is 0 Å². The van der Waals surface area contributed by atoms with Crippen LogP contribution < -0.4 is 5.73 Å². The van der Waals surface area contributed by atoms with Crippen molar-refractivity contribution in [2.75, 3.05) is 6.54 Å². The standard InChI is InChI=1S/C11H19NO3.ClH/c1-9(2)4-3-7-15-11(14)6-5-10(13)8-12;/h3,7,9H,4-6,8,12H2,1-2H3;1H. The molecule has 0 saturated heterocycles. The minimum atomic E-state index is -0.392. The lowest BCUT2D eigenvalue weighted by atomic mass is 10.1. The van der Waals surface area contributed by atoms with Gasteiger partial charge in [-0.15, -0.1) is 12.4 Å². The van der Waals surface area contributed by atoms with Gasteiger partial charge in [-0.25, -0.2) is 0 Å². The molecule has 5 heteroatoms. The Bertz CT molecular complexity index is 239. The number of ketones is 1. The summed E-state index contributed by atoms with van der Waals surface area (Å²) in [5.74, 6) is 0.0219. The van der Waals surface area contributed by atoms with Crippen molar-refractivity contribution in [3.05, 3.63) is 12.3 Å². The van der Waals surface area contributed by atoms with Crippen molar-refractivity contribution in [2.24, 2.45) is 11.7 Å². The van der Waals surface area contributed by atoms with Gasteiger partial charge >= 0.3 is 5.97 Å². The Kier molecular flexibility index (Phi) is 11.7. The third-order valence-corrected chi connectivity index (χ3v) is 1.74. The molecule has 0 spiro atoms. The Labute approximate surface area is 103 Å². The molecular formula is C11H20ClNO3. The van der Waals surface area contributed by atoms with E-state index in [4.69, 9.17) is 10.5 Å². The maximum atomic E-state index is 11.0. The highest BCUT2D eigenvalue weighted by Gasteiger charge is 2.05. The van der Waals surface area contributed by atoms with Gasteiger partial charge in [-0.1, -0.05) is 13.8 Å². The quantitative estimate of drug-likeness (QED) is 0.552. The molecule has 2 N–H and O–H groups in total. The van der Waals surface area contributed by atoms with E-state index in [-0.39, 0.29) is 37.6 Å². The molecule has 0 atom stereocenters. The topological polar surface area (TPSA) is 69.4 Å². The van der Waals surface area contributed by atoms with Gasteiger partial charge in [-0.3, -0.25) is 9.59 Å². The summed E-state index contributed by atoms with van der Waals surface area (Å²) < 4.78 is 4.77. The Hall–Kier alpha value is -0.870. The molecule has 4 nitrogen and oxygen atoms in total. The van der Waals surface area contributed by atoms with E-state index in [1.54, 1.807) is 6.08 Å². The van der Waals surface area contributed by atoms with E-state index in [0.29, 0.717) is 5.92 Å². The van der Waals surface area contributed by atoms with E-state index in [1.165, 1.54) is 6.26 Å². The van der Waals surface area contributed by atoms with Crippen LogP contribution in [0.5, 0.6) is 0 Å². The molecule has 0 rings (SSSR count). The third kappa shape index (κ3) is 11.2. The maximum Gasteiger partial charge on any atom is 0.311 e. The second-order valence-corrected chi connectivity index (χ2v) is 3.73. The summed E-state index contributed by atoms with van der Waals surface area (Å²) in [5, 5.41) is 0. The van der Waals surface area contributed by atoms with Crippen LogP contribution in [0.4, 0.5) is 0 Å². The van der Waals surface area contributed by atoms with E-state index in [0.717, 1.165) is 6.42 Å². The number of allylic oxidation sites excluding steroid dienone is 1. The minimum Gasteiger partial charge on any atom is -0.435 e. The molecule has 0 aliphatic rings. The fraction of sp³-hybridized carbons (Fsp3) is 0.636. The maximum absolute atomic E-state index is 11.0. The summed E-state index contributed by atoms with van der Waals surface area (Å²) in [5.41, 5.74) is 5.10. The second kappa shape index (κ2) is 10.6. The number of esters is 1. The lowest BCUT2D eigenvalue weighted by molar-refractivity contribution is -0.139. The largest absolute Gasteiger partial charge is 0.435 e. The molecule has 0 amide bonds. The average molecular weight is 250 g/mol. The van der Waals surface area contributed by atoms with Crippen molar-refractivity contribution >= 4 is 24.2 Å². The second-order valence-electron chi connectivity index (χ2n) is 3.73. The summed E-state index contributed by atoms with van der Waals surface area (Å²) >= 11 is 0. The van der Waals surface area contributed by atoms with Crippen LogP contribution in [0, 0.1) is 5.92 Å². The number of carbonyl (C=O) groups is 2.